The average molecular weight is 327 g/mol. The Bertz CT molecular complexity index is 723. The summed E-state index contributed by atoms with van der Waals surface area (Å²) in [6.45, 7) is 0.240. The zero-order valence-electron chi connectivity index (χ0n) is 14.0. The van der Waals surface area contributed by atoms with Gasteiger partial charge in [0.15, 0.2) is 0 Å². The second-order valence-electron chi connectivity index (χ2n) is 6.76. The highest BCUT2D eigenvalue weighted by Gasteiger charge is 2.57. The van der Waals surface area contributed by atoms with Crippen LogP contribution in [0.4, 0.5) is 0 Å². The van der Waals surface area contributed by atoms with Crippen LogP contribution in [0, 0.1) is 17.2 Å². The van der Waals surface area contributed by atoms with E-state index >= 15 is 0 Å². The molecule has 0 aromatic heterocycles. The lowest BCUT2D eigenvalue weighted by Crippen LogP contribution is -2.51. The van der Waals surface area contributed by atoms with Gasteiger partial charge >= 0.3 is 0 Å². The van der Waals surface area contributed by atoms with Gasteiger partial charge in [0, 0.05) is 19.4 Å². The summed E-state index contributed by atoms with van der Waals surface area (Å²) in [5, 5.41) is 10.2. The highest BCUT2D eigenvalue weighted by Crippen LogP contribution is 2.55. The molecule has 1 saturated carbocycles. The molecule has 3 aliphatic rings. The predicted molar refractivity (Wildman–Crippen MR) is 86.4 cm³/mol. The number of rotatable bonds is 4. The molecule has 2 aliphatic carbocycles. The molecule has 1 fully saturated rings. The Hall–Kier alpha value is -2.03. The SMILES string of the molecule is COCO[C@H]1CC2=CO[C@@H]3Cc4cc(OC)ccc4[C@](C#N)(C1)[C@H]23. The van der Waals surface area contributed by atoms with Crippen molar-refractivity contribution in [3.63, 3.8) is 0 Å². The minimum atomic E-state index is -0.608. The van der Waals surface area contributed by atoms with Gasteiger partial charge in [-0.2, -0.15) is 5.26 Å². The van der Waals surface area contributed by atoms with E-state index in [2.05, 4.69) is 6.07 Å². The highest BCUT2D eigenvalue weighted by molar-refractivity contribution is 5.51. The molecule has 4 atom stereocenters. The summed E-state index contributed by atoms with van der Waals surface area (Å²) in [6, 6.07) is 8.66. The maximum atomic E-state index is 10.2. The summed E-state index contributed by atoms with van der Waals surface area (Å²) in [4.78, 5) is 0. The number of ether oxygens (including phenoxy) is 4. The van der Waals surface area contributed by atoms with E-state index in [0.29, 0.717) is 6.42 Å². The van der Waals surface area contributed by atoms with Crippen LogP contribution < -0.4 is 4.74 Å². The van der Waals surface area contributed by atoms with Gasteiger partial charge in [0.05, 0.1) is 31.0 Å². The molecule has 0 saturated heterocycles. The molecule has 4 rings (SSSR count). The van der Waals surface area contributed by atoms with Gasteiger partial charge in [0.2, 0.25) is 0 Å². The molecule has 5 nitrogen and oxygen atoms in total. The molecule has 126 valence electrons. The first-order valence-electron chi connectivity index (χ1n) is 8.25. The van der Waals surface area contributed by atoms with Crippen molar-refractivity contribution in [3.8, 4) is 11.8 Å². The number of hydrogen-bond donors (Lipinski definition) is 0. The minimum Gasteiger partial charge on any atom is -0.497 e. The van der Waals surface area contributed by atoms with Crippen molar-refractivity contribution in [1.29, 1.82) is 5.26 Å². The van der Waals surface area contributed by atoms with Gasteiger partial charge in [-0.1, -0.05) is 6.07 Å². The van der Waals surface area contributed by atoms with Gasteiger partial charge in [0.1, 0.15) is 18.6 Å². The number of methoxy groups -OCH3 is 2. The second kappa shape index (κ2) is 5.80. The van der Waals surface area contributed by atoms with Gasteiger partial charge < -0.3 is 18.9 Å². The van der Waals surface area contributed by atoms with Crippen molar-refractivity contribution >= 4 is 0 Å². The number of nitriles is 1. The van der Waals surface area contributed by atoms with Gasteiger partial charge in [-0.05, 0) is 41.7 Å². The molecule has 1 aromatic rings. The lowest BCUT2D eigenvalue weighted by Gasteiger charge is -2.47. The minimum absolute atomic E-state index is 0.0302. The molecule has 0 bridgehead atoms. The molecular formula is C19H21NO4. The van der Waals surface area contributed by atoms with E-state index in [1.807, 2.05) is 24.5 Å². The first-order valence-corrected chi connectivity index (χ1v) is 8.25. The van der Waals surface area contributed by atoms with Gasteiger partial charge in [0.25, 0.3) is 0 Å². The quantitative estimate of drug-likeness (QED) is 0.796. The zero-order valence-corrected chi connectivity index (χ0v) is 14.0. The van der Waals surface area contributed by atoms with Crippen molar-refractivity contribution in [2.24, 2.45) is 5.92 Å². The van der Waals surface area contributed by atoms with E-state index in [1.165, 1.54) is 5.57 Å². The molecule has 24 heavy (non-hydrogen) atoms. The number of benzene rings is 1. The fourth-order valence-electron chi connectivity index (χ4n) is 4.61. The topological polar surface area (TPSA) is 60.7 Å². The third-order valence-electron chi connectivity index (χ3n) is 5.54. The molecule has 0 radical (unpaired) electrons. The van der Waals surface area contributed by atoms with E-state index in [4.69, 9.17) is 18.9 Å². The zero-order chi connectivity index (χ0) is 16.7. The largest absolute Gasteiger partial charge is 0.497 e. The third kappa shape index (κ3) is 2.14. The molecule has 1 aliphatic heterocycles. The monoisotopic (exact) mass is 327 g/mol. The molecule has 1 heterocycles. The van der Waals surface area contributed by atoms with Crippen molar-refractivity contribution in [2.75, 3.05) is 21.0 Å². The Balaban J connectivity index is 1.79. The first-order chi connectivity index (χ1) is 11.7. The Morgan fingerprint density at radius 3 is 2.96 bits per heavy atom. The number of nitrogens with zero attached hydrogens (tertiary/aromatic N) is 1. The van der Waals surface area contributed by atoms with Crippen LogP contribution in [0.5, 0.6) is 5.75 Å². The summed E-state index contributed by atoms with van der Waals surface area (Å²) in [5.74, 6) is 0.931. The second-order valence-corrected chi connectivity index (χ2v) is 6.76. The van der Waals surface area contributed by atoms with Crippen LogP contribution in [0.15, 0.2) is 30.0 Å². The van der Waals surface area contributed by atoms with Gasteiger partial charge in [-0.3, -0.25) is 0 Å². The van der Waals surface area contributed by atoms with Crippen LogP contribution in [0.3, 0.4) is 0 Å². The van der Waals surface area contributed by atoms with Crippen LogP contribution >= 0.6 is 0 Å². The molecule has 1 aromatic carbocycles. The Kier molecular flexibility index (Phi) is 3.75. The lowest BCUT2D eigenvalue weighted by molar-refractivity contribution is -0.0888. The maximum absolute atomic E-state index is 10.2. The average Bonchev–Trinajstić information content (AvgIpc) is 3.03. The van der Waals surface area contributed by atoms with Crippen LogP contribution in [-0.2, 0) is 26.0 Å². The summed E-state index contributed by atoms with van der Waals surface area (Å²) in [6.07, 6.45) is 4.12. The van der Waals surface area contributed by atoms with Crippen molar-refractivity contribution in [1.82, 2.24) is 0 Å². The van der Waals surface area contributed by atoms with Crippen LogP contribution in [0.2, 0.25) is 0 Å². The fourth-order valence-corrected chi connectivity index (χ4v) is 4.61. The van der Waals surface area contributed by atoms with Gasteiger partial charge in [-0.25, -0.2) is 0 Å². The molecule has 5 heteroatoms. The van der Waals surface area contributed by atoms with Crippen molar-refractivity contribution in [2.45, 2.75) is 36.9 Å². The van der Waals surface area contributed by atoms with E-state index < -0.39 is 5.41 Å². The van der Waals surface area contributed by atoms with Gasteiger partial charge in [-0.15, -0.1) is 0 Å². The molecule has 0 spiro atoms. The molecule has 0 amide bonds. The summed E-state index contributed by atoms with van der Waals surface area (Å²) >= 11 is 0. The van der Waals surface area contributed by atoms with Crippen LogP contribution in [0.25, 0.3) is 0 Å². The van der Waals surface area contributed by atoms with Crippen molar-refractivity contribution < 1.29 is 18.9 Å². The Labute approximate surface area is 141 Å². The molecule has 0 unspecified atom stereocenters. The van der Waals surface area contributed by atoms with Crippen molar-refractivity contribution in [3.05, 3.63) is 41.2 Å². The van der Waals surface area contributed by atoms with E-state index in [0.717, 1.165) is 29.7 Å². The Morgan fingerprint density at radius 2 is 2.21 bits per heavy atom. The number of hydrogen-bond acceptors (Lipinski definition) is 5. The molecular weight excluding hydrogens is 306 g/mol. The van der Waals surface area contributed by atoms with E-state index in [9.17, 15) is 5.26 Å². The standard InChI is InChI=1S/C19H21NO4/c1-21-11-24-15-6-13-9-23-17-7-12-5-14(22-2)3-4-16(12)19(8-15,10-20)18(13)17/h3-5,9,15,17-18H,6-8,11H2,1-2H3/t15-,17+,18+,19+/m0/s1. The fraction of sp³-hybridized carbons (Fsp3) is 0.526. The lowest BCUT2D eigenvalue weighted by atomic mass is 9.55. The predicted octanol–water partition coefficient (Wildman–Crippen LogP) is 2.69. The van der Waals surface area contributed by atoms with E-state index in [-0.39, 0.29) is 24.9 Å². The van der Waals surface area contributed by atoms with Crippen LogP contribution in [-0.4, -0.2) is 33.2 Å². The third-order valence-corrected chi connectivity index (χ3v) is 5.54. The maximum Gasteiger partial charge on any atom is 0.146 e. The highest BCUT2D eigenvalue weighted by atomic mass is 16.7. The Morgan fingerprint density at radius 1 is 1.33 bits per heavy atom. The smallest absolute Gasteiger partial charge is 0.146 e. The summed E-state index contributed by atoms with van der Waals surface area (Å²) in [7, 11) is 3.27. The summed E-state index contributed by atoms with van der Waals surface area (Å²) < 4.78 is 22.2. The van der Waals surface area contributed by atoms with E-state index in [1.54, 1.807) is 14.2 Å². The normalized spacial score (nSPS) is 32.9. The summed E-state index contributed by atoms with van der Waals surface area (Å²) in [5.41, 5.74) is 2.81. The number of fused-ring (bicyclic) bond motifs is 2. The van der Waals surface area contributed by atoms with Crippen LogP contribution in [0.1, 0.15) is 24.0 Å². The molecule has 0 N–H and O–H groups in total. The first kappa shape index (κ1) is 15.5.